The van der Waals surface area contributed by atoms with E-state index in [9.17, 15) is 14.3 Å². The van der Waals surface area contributed by atoms with Crippen LogP contribution in [0.15, 0.2) is 36.4 Å². The number of carbonyl (C=O) groups is 1. The third-order valence-corrected chi connectivity index (χ3v) is 5.84. The van der Waals surface area contributed by atoms with Gasteiger partial charge in [-0.25, -0.2) is 4.39 Å². The van der Waals surface area contributed by atoms with Crippen molar-refractivity contribution in [3.05, 3.63) is 64.5 Å². The normalized spacial score (nSPS) is 23.5. The molecule has 0 aromatic heterocycles. The molecule has 5 nitrogen and oxygen atoms in total. The summed E-state index contributed by atoms with van der Waals surface area (Å²) in [6.07, 6.45) is 2.15. The topological polar surface area (TPSA) is 61.8 Å². The average molecular weight is 380 g/mol. The molecule has 0 spiro atoms. The number of hydrogen-bond donors (Lipinski definition) is 2. The van der Waals surface area contributed by atoms with Gasteiger partial charge in [0.25, 0.3) is 5.91 Å². The van der Waals surface area contributed by atoms with Gasteiger partial charge in [0.15, 0.2) is 0 Å². The molecule has 3 aliphatic heterocycles. The Bertz CT molecular complexity index is 1000. The van der Waals surface area contributed by atoms with E-state index in [1.54, 1.807) is 6.07 Å². The Hall–Kier alpha value is -2.70. The quantitative estimate of drug-likeness (QED) is 0.804. The van der Waals surface area contributed by atoms with Crippen LogP contribution in [0.2, 0.25) is 0 Å². The van der Waals surface area contributed by atoms with E-state index in [0.29, 0.717) is 29.2 Å². The Morgan fingerprint density at radius 1 is 1.21 bits per heavy atom. The number of fused-ring (bicyclic) bond motifs is 2. The molecule has 6 heteroatoms. The van der Waals surface area contributed by atoms with Crippen molar-refractivity contribution in [3.8, 4) is 0 Å². The van der Waals surface area contributed by atoms with Crippen molar-refractivity contribution in [3.63, 3.8) is 0 Å². The van der Waals surface area contributed by atoms with Crippen molar-refractivity contribution in [2.75, 3.05) is 18.5 Å². The van der Waals surface area contributed by atoms with Gasteiger partial charge in [-0.2, -0.15) is 0 Å². The zero-order valence-electron chi connectivity index (χ0n) is 15.4. The molecule has 0 unspecified atom stereocenters. The Kier molecular flexibility index (Phi) is 4.18. The van der Waals surface area contributed by atoms with E-state index >= 15 is 0 Å². The molecular formula is C22H21FN2O3. The van der Waals surface area contributed by atoms with Crippen LogP contribution in [0.1, 0.15) is 35.1 Å². The molecule has 3 aliphatic rings. The predicted octanol–water partition coefficient (Wildman–Crippen LogP) is 3.13. The van der Waals surface area contributed by atoms with Crippen LogP contribution >= 0.6 is 0 Å². The Labute approximate surface area is 162 Å². The molecule has 1 fully saturated rings. The summed E-state index contributed by atoms with van der Waals surface area (Å²) in [6.45, 7) is 2.37. The van der Waals surface area contributed by atoms with Crippen molar-refractivity contribution >= 4 is 22.9 Å². The van der Waals surface area contributed by atoms with E-state index in [1.807, 2.05) is 12.1 Å². The number of halogens is 1. The maximum Gasteiger partial charge on any atom is 0.260 e. The Balaban J connectivity index is 1.49. The van der Waals surface area contributed by atoms with Gasteiger partial charge in [0.2, 0.25) is 0 Å². The summed E-state index contributed by atoms with van der Waals surface area (Å²) >= 11 is 0. The highest BCUT2D eigenvalue weighted by Crippen LogP contribution is 2.42. The molecule has 1 atom stereocenters. The van der Waals surface area contributed by atoms with Crippen LogP contribution in [0, 0.1) is 5.82 Å². The van der Waals surface area contributed by atoms with Crippen LogP contribution in [0.4, 0.5) is 10.1 Å². The number of nitrogens with one attached hydrogen (secondary N) is 1. The van der Waals surface area contributed by atoms with Crippen molar-refractivity contribution in [1.82, 2.24) is 4.90 Å². The fourth-order valence-electron chi connectivity index (χ4n) is 4.43. The second-order valence-corrected chi connectivity index (χ2v) is 7.58. The van der Waals surface area contributed by atoms with E-state index in [-0.39, 0.29) is 24.4 Å². The number of anilines is 1. The van der Waals surface area contributed by atoms with Crippen LogP contribution in [-0.4, -0.2) is 35.1 Å². The smallest absolute Gasteiger partial charge is 0.260 e. The monoisotopic (exact) mass is 380 g/mol. The standard InChI is InChI=1S/C22H21FN2O3/c23-15-4-6-19-18(9-15)20(22(27)24-19)21-17-5-3-13(8-14(17)12-28-21)10-25-7-1-2-16(25)11-26/h3-6,8-9,16,26H,1-2,7,10-12H2,(H,24,27)/b21-20+/t16-/m0/s1. The number of aliphatic hydroxyl groups is 1. The van der Waals surface area contributed by atoms with Gasteiger partial charge >= 0.3 is 0 Å². The van der Waals surface area contributed by atoms with E-state index < -0.39 is 0 Å². The first-order chi connectivity index (χ1) is 13.6. The van der Waals surface area contributed by atoms with Crippen LogP contribution in [-0.2, 0) is 22.7 Å². The predicted molar refractivity (Wildman–Crippen MR) is 104 cm³/mol. The highest BCUT2D eigenvalue weighted by molar-refractivity contribution is 6.36. The largest absolute Gasteiger partial charge is 0.487 e. The molecule has 1 saturated heterocycles. The summed E-state index contributed by atoms with van der Waals surface area (Å²) in [5.74, 6) is -0.140. The lowest BCUT2D eigenvalue weighted by Crippen LogP contribution is -2.31. The third-order valence-electron chi connectivity index (χ3n) is 5.84. The SMILES string of the molecule is O=C1Nc2ccc(F)cc2/C1=C1\OCc2cc(CN3CCC[C@H]3CO)ccc21. The van der Waals surface area contributed by atoms with Gasteiger partial charge in [0.05, 0.1) is 12.2 Å². The third kappa shape index (κ3) is 2.80. The van der Waals surface area contributed by atoms with E-state index in [2.05, 4.69) is 16.3 Å². The Morgan fingerprint density at radius 2 is 2.11 bits per heavy atom. The van der Waals surface area contributed by atoms with Crippen LogP contribution in [0.5, 0.6) is 0 Å². The molecule has 5 rings (SSSR count). The van der Waals surface area contributed by atoms with E-state index in [0.717, 1.165) is 42.6 Å². The highest BCUT2D eigenvalue weighted by atomic mass is 19.1. The number of rotatable bonds is 3. The van der Waals surface area contributed by atoms with Gasteiger partial charge in [-0.3, -0.25) is 9.69 Å². The number of amides is 1. The summed E-state index contributed by atoms with van der Waals surface area (Å²) in [4.78, 5) is 14.8. The molecule has 2 aromatic carbocycles. The van der Waals surface area contributed by atoms with Crippen molar-refractivity contribution in [2.45, 2.75) is 32.0 Å². The maximum atomic E-state index is 13.7. The van der Waals surface area contributed by atoms with Gasteiger partial charge in [0.1, 0.15) is 18.2 Å². The second-order valence-electron chi connectivity index (χ2n) is 7.58. The molecule has 0 saturated carbocycles. The minimum atomic E-state index is -0.383. The zero-order valence-corrected chi connectivity index (χ0v) is 15.4. The van der Waals surface area contributed by atoms with Crippen LogP contribution < -0.4 is 5.32 Å². The average Bonchev–Trinajstić information content (AvgIpc) is 3.38. The molecule has 1 amide bonds. The lowest BCUT2D eigenvalue weighted by molar-refractivity contribution is -0.110. The number of benzene rings is 2. The molecule has 0 bridgehead atoms. The number of hydrogen-bond acceptors (Lipinski definition) is 4. The maximum absolute atomic E-state index is 13.7. The first kappa shape index (κ1) is 17.4. The minimum absolute atomic E-state index is 0.190. The van der Waals surface area contributed by atoms with E-state index in [1.165, 1.54) is 12.1 Å². The summed E-state index contributed by atoms with van der Waals surface area (Å²) in [7, 11) is 0. The van der Waals surface area contributed by atoms with Gasteiger partial charge in [-0.15, -0.1) is 0 Å². The lowest BCUT2D eigenvalue weighted by atomic mass is 9.99. The minimum Gasteiger partial charge on any atom is -0.487 e. The number of likely N-dealkylation sites (tertiary alicyclic amines) is 1. The molecule has 28 heavy (non-hydrogen) atoms. The van der Waals surface area contributed by atoms with E-state index in [4.69, 9.17) is 4.74 Å². The number of aliphatic hydroxyl groups excluding tert-OH is 1. The highest BCUT2D eigenvalue weighted by Gasteiger charge is 2.33. The fraction of sp³-hybridized carbons (Fsp3) is 0.318. The summed E-state index contributed by atoms with van der Waals surface area (Å²) < 4.78 is 19.6. The van der Waals surface area contributed by atoms with Crippen LogP contribution in [0.3, 0.4) is 0 Å². The second kappa shape index (κ2) is 6.72. The van der Waals surface area contributed by atoms with Gasteiger partial charge in [-0.05, 0) is 43.1 Å². The molecule has 0 radical (unpaired) electrons. The van der Waals surface area contributed by atoms with Gasteiger partial charge < -0.3 is 15.2 Å². The van der Waals surface area contributed by atoms with Crippen LogP contribution in [0.25, 0.3) is 11.3 Å². The Morgan fingerprint density at radius 3 is 2.96 bits per heavy atom. The van der Waals surface area contributed by atoms with Crippen molar-refractivity contribution < 1.29 is 19.0 Å². The molecule has 2 N–H and O–H groups in total. The molecule has 0 aliphatic carbocycles. The first-order valence-electron chi connectivity index (χ1n) is 9.59. The summed E-state index contributed by atoms with van der Waals surface area (Å²) in [6, 6.07) is 10.6. The fourth-order valence-corrected chi connectivity index (χ4v) is 4.43. The number of carbonyl (C=O) groups excluding carboxylic acids is 1. The zero-order chi connectivity index (χ0) is 19.3. The van der Waals surface area contributed by atoms with Crippen molar-refractivity contribution in [1.29, 1.82) is 0 Å². The van der Waals surface area contributed by atoms with Crippen molar-refractivity contribution in [2.24, 2.45) is 0 Å². The first-order valence-corrected chi connectivity index (χ1v) is 9.59. The summed E-state index contributed by atoms with van der Waals surface area (Å²) in [5, 5.41) is 12.3. The summed E-state index contributed by atoms with van der Waals surface area (Å²) in [5.41, 5.74) is 4.60. The molecular weight excluding hydrogens is 359 g/mol. The lowest BCUT2D eigenvalue weighted by Gasteiger charge is -2.22. The number of ether oxygens (including phenoxy) is 1. The van der Waals surface area contributed by atoms with Gasteiger partial charge in [-0.1, -0.05) is 18.2 Å². The number of nitrogens with zero attached hydrogens (tertiary/aromatic N) is 1. The molecule has 144 valence electrons. The van der Waals surface area contributed by atoms with Gasteiger partial charge in [0, 0.05) is 35.0 Å². The molecule has 2 aromatic rings. The molecule has 3 heterocycles.